The van der Waals surface area contributed by atoms with E-state index in [4.69, 9.17) is 19.6 Å². The van der Waals surface area contributed by atoms with E-state index in [1.807, 2.05) is 0 Å². The van der Waals surface area contributed by atoms with Gasteiger partial charge in [-0.3, -0.25) is 9.13 Å². The van der Waals surface area contributed by atoms with Crippen LogP contribution in [0.2, 0.25) is 0 Å². The first-order valence-electron chi connectivity index (χ1n) is 6.46. The van der Waals surface area contributed by atoms with E-state index in [-0.39, 0.29) is 6.42 Å². The fraction of sp³-hybridized carbons (Fsp3) is 1.00. The zero-order valence-corrected chi connectivity index (χ0v) is 13.6. The maximum atomic E-state index is 11.1. The molecule has 0 amide bonds. The zero-order valence-electron chi connectivity index (χ0n) is 11.8. The predicted molar refractivity (Wildman–Crippen MR) is 75.2 cm³/mol. The van der Waals surface area contributed by atoms with Gasteiger partial charge in [0.05, 0.1) is 0 Å². The smallest absolute Gasteiger partial charge is 0.368 e. The van der Waals surface area contributed by atoms with Gasteiger partial charge in [0.2, 0.25) is 0 Å². The number of hydrogen-bond donors (Lipinski definition) is 6. The molecule has 0 heterocycles. The van der Waals surface area contributed by atoms with Crippen LogP contribution in [0.4, 0.5) is 0 Å². The molecule has 0 aromatic rings. The van der Waals surface area contributed by atoms with Crippen molar-refractivity contribution in [3.63, 3.8) is 0 Å². The third kappa shape index (κ3) is 6.33. The summed E-state index contributed by atoms with van der Waals surface area (Å²) in [6, 6.07) is 0. The van der Waals surface area contributed by atoms with Crippen molar-refractivity contribution in [1.29, 1.82) is 0 Å². The van der Waals surface area contributed by atoms with Gasteiger partial charge >= 0.3 is 15.2 Å². The Kier molecular flexibility index (Phi) is 8.10. The van der Waals surface area contributed by atoms with Crippen molar-refractivity contribution in [1.82, 2.24) is 5.32 Å². The van der Waals surface area contributed by atoms with E-state index < -0.39 is 26.7 Å². The number of rotatable bonds is 10. The average Bonchev–Trinajstić information content (AvgIpc) is 2.23. The van der Waals surface area contributed by atoms with Crippen molar-refractivity contribution < 1.29 is 33.8 Å². The van der Waals surface area contributed by atoms with E-state index in [9.17, 15) is 14.2 Å². The van der Waals surface area contributed by atoms with E-state index in [1.54, 1.807) is 0 Å². The molecule has 0 aliphatic heterocycles. The van der Waals surface area contributed by atoms with Crippen LogP contribution in [0.15, 0.2) is 0 Å². The molecule has 0 aliphatic carbocycles. The summed E-state index contributed by atoms with van der Waals surface area (Å²) in [5.41, 5.74) is 0. The van der Waals surface area contributed by atoms with Gasteiger partial charge in [0.1, 0.15) is 0 Å². The van der Waals surface area contributed by atoms with Gasteiger partial charge in [-0.05, 0) is 38.3 Å². The van der Waals surface area contributed by atoms with E-state index in [0.29, 0.717) is 19.0 Å². The van der Waals surface area contributed by atoms with Gasteiger partial charge in [-0.1, -0.05) is 13.8 Å². The molecule has 0 spiro atoms. The Hall–Kier alpha value is 0.220. The third-order valence-electron chi connectivity index (χ3n) is 2.93. The van der Waals surface area contributed by atoms with Crippen molar-refractivity contribution in [2.75, 3.05) is 13.1 Å². The molecule has 0 radical (unpaired) electrons. The lowest BCUT2D eigenvalue weighted by Crippen LogP contribution is -2.30. The first kappa shape index (κ1) is 20.2. The van der Waals surface area contributed by atoms with Crippen LogP contribution in [0.3, 0.4) is 0 Å². The highest BCUT2D eigenvalue weighted by molar-refractivity contribution is 7.72. The van der Waals surface area contributed by atoms with E-state index in [0.717, 1.165) is 12.8 Å². The zero-order chi connectivity index (χ0) is 16.0. The van der Waals surface area contributed by atoms with Crippen LogP contribution < -0.4 is 5.32 Å². The Morgan fingerprint density at radius 1 is 1.00 bits per heavy atom. The van der Waals surface area contributed by atoms with E-state index in [2.05, 4.69) is 19.2 Å². The lowest BCUT2D eigenvalue weighted by molar-refractivity contribution is 0.121. The van der Waals surface area contributed by atoms with Gasteiger partial charge in [-0.25, -0.2) is 0 Å². The Labute approximate surface area is 118 Å². The summed E-state index contributed by atoms with van der Waals surface area (Å²) in [5, 5.41) is 9.31. The Morgan fingerprint density at radius 3 is 1.85 bits per heavy atom. The molecule has 122 valence electrons. The largest absolute Gasteiger partial charge is 0.369 e. The van der Waals surface area contributed by atoms with E-state index in [1.165, 1.54) is 0 Å². The first-order chi connectivity index (χ1) is 8.92. The second kappa shape index (κ2) is 8.01. The summed E-state index contributed by atoms with van der Waals surface area (Å²) in [6.45, 7) is 5.23. The normalized spacial score (nSPS) is 14.0. The Balaban J connectivity index is 4.20. The minimum absolute atomic E-state index is 0.0500. The molecule has 0 atom stereocenters. The molecule has 0 unspecified atom stereocenters. The minimum Gasteiger partial charge on any atom is -0.368 e. The fourth-order valence-corrected chi connectivity index (χ4v) is 3.93. The number of hydrogen-bond acceptors (Lipinski definition) is 4. The number of nitrogens with one attached hydrogen (secondary N) is 1. The van der Waals surface area contributed by atoms with Crippen LogP contribution in [0, 0.1) is 5.92 Å². The summed E-state index contributed by atoms with van der Waals surface area (Å²) in [4.78, 5) is 35.7. The second-order valence-corrected chi connectivity index (χ2v) is 9.26. The summed E-state index contributed by atoms with van der Waals surface area (Å²) in [6.07, 6.45) is 1.37. The molecule has 0 saturated heterocycles. The summed E-state index contributed by atoms with van der Waals surface area (Å²) in [7, 11) is -10.6. The van der Waals surface area contributed by atoms with Crippen molar-refractivity contribution in [3.8, 4) is 0 Å². The van der Waals surface area contributed by atoms with Gasteiger partial charge in [0, 0.05) is 6.42 Å². The van der Waals surface area contributed by atoms with Crippen LogP contribution in [-0.2, 0) is 9.13 Å². The van der Waals surface area contributed by atoms with Gasteiger partial charge in [-0.15, -0.1) is 0 Å². The summed E-state index contributed by atoms with van der Waals surface area (Å²) >= 11 is 0. The number of aliphatic hydroxyl groups is 1. The standard InChI is InChI=1S/C10H25NO7P2/c1-9(2)5-3-7-11-8-4-6-10(12,19(13,14)15)20(16,17)18/h9,11-12H,3-8H2,1-2H3,(H2,13,14,15)(H2,16,17,18). The highest BCUT2D eigenvalue weighted by Crippen LogP contribution is 2.69. The van der Waals surface area contributed by atoms with Crippen LogP contribution >= 0.6 is 15.2 Å². The quantitative estimate of drug-likeness (QED) is 0.254. The SMILES string of the molecule is CC(C)CCCNCCCC(O)(P(=O)(O)O)P(=O)(O)O. The van der Waals surface area contributed by atoms with Crippen molar-refractivity contribution in [3.05, 3.63) is 0 Å². The monoisotopic (exact) mass is 333 g/mol. The molecule has 10 heteroatoms. The molecule has 6 N–H and O–H groups in total. The molecule has 0 rings (SSSR count). The van der Waals surface area contributed by atoms with Gasteiger partial charge in [-0.2, -0.15) is 0 Å². The topological polar surface area (TPSA) is 147 Å². The predicted octanol–water partition coefficient (Wildman–Crippen LogP) is 0.794. The molecule has 0 aromatic heterocycles. The molecule has 0 saturated carbocycles. The second-order valence-electron chi connectivity index (χ2n) is 5.25. The van der Waals surface area contributed by atoms with Crippen molar-refractivity contribution >= 4 is 15.2 Å². The Bertz CT molecular complexity index is 354. The molecule has 0 aromatic carbocycles. The average molecular weight is 333 g/mol. The molecule has 0 bridgehead atoms. The maximum absolute atomic E-state index is 11.1. The first-order valence-corrected chi connectivity index (χ1v) is 9.68. The molecular weight excluding hydrogens is 308 g/mol. The van der Waals surface area contributed by atoms with Crippen LogP contribution in [-0.4, -0.2) is 42.9 Å². The molecule has 0 fully saturated rings. The molecule has 8 nitrogen and oxygen atoms in total. The van der Waals surface area contributed by atoms with Crippen LogP contribution in [0.5, 0.6) is 0 Å². The minimum atomic E-state index is -5.32. The maximum Gasteiger partial charge on any atom is 0.369 e. The molecular formula is C10H25NO7P2. The summed E-state index contributed by atoms with van der Waals surface area (Å²) < 4.78 is 22.1. The third-order valence-corrected chi connectivity index (χ3v) is 6.81. The molecule has 20 heavy (non-hydrogen) atoms. The van der Waals surface area contributed by atoms with Gasteiger partial charge < -0.3 is 30.0 Å². The van der Waals surface area contributed by atoms with Crippen molar-refractivity contribution in [2.45, 2.75) is 44.6 Å². The fourth-order valence-electron chi connectivity index (χ4n) is 1.67. The molecule has 0 aliphatic rings. The van der Waals surface area contributed by atoms with Crippen LogP contribution in [0.1, 0.15) is 39.5 Å². The van der Waals surface area contributed by atoms with E-state index >= 15 is 0 Å². The lowest BCUT2D eigenvalue weighted by Gasteiger charge is -2.29. The highest BCUT2D eigenvalue weighted by Gasteiger charge is 2.58. The van der Waals surface area contributed by atoms with Crippen LogP contribution in [0.25, 0.3) is 0 Å². The van der Waals surface area contributed by atoms with Gasteiger partial charge in [0.15, 0.2) is 0 Å². The highest BCUT2D eigenvalue weighted by atomic mass is 31.2. The van der Waals surface area contributed by atoms with Crippen molar-refractivity contribution in [2.24, 2.45) is 5.92 Å². The lowest BCUT2D eigenvalue weighted by atomic mass is 10.1. The van der Waals surface area contributed by atoms with Gasteiger partial charge in [0.25, 0.3) is 5.08 Å². The Morgan fingerprint density at radius 2 is 1.45 bits per heavy atom. The summed E-state index contributed by atoms with van der Waals surface area (Å²) in [5.74, 6) is 0.589.